The van der Waals surface area contributed by atoms with Gasteiger partial charge in [-0.3, -0.25) is 4.79 Å². The molecule has 1 amide bonds. The highest BCUT2D eigenvalue weighted by Gasteiger charge is 2.34. The number of hydrogen-bond acceptors (Lipinski definition) is 4. The van der Waals surface area contributed by atoms with Crippen LogP contribution in [-0.2, 0) is 4.74 Å². The van der Waals surface area contributed by atoms with Gasteiger partial charge in [0.15, 0.2) is 0 Å². The zero-order chi connectivity index (χ0) is 12.3. The minimum absolute atomic E-state index is 0.0106. The van der Waals surface area contributed by atoms with Crippen LogP contribution in [-0.4, -0.2) is 36.7 Å². The van der Waals surface area contributed by atoms with Crippen molar-refractivity contribution in [1.82, 2.24) is 5.32 Å². The summed E-state index contributed by atoms with van der Waals surface area (Å²) in [5.74, 6) is 2.09. The van der Waals surface area contributed by atoms with E-state index in [1.54, 1.807) is 7.11 Å². The van der Waals surface area contributed by atoms with E-state index in [0.29, 0.717) is 6.54 Å². The van der Waals surface area contributed by atoms with Crippen molar-refractivity contribution in [2.24, 2.45) is 0 Å². The van der Waals surface area contributed by atoms with Gasteiger partial charge in [0.25, 0.3) is 5.91 Å². The average molecular weight is 271 g/mol. The highest BCUT2D eigenvalue weighted by molar-refractivity contribution is 7.99. The number of carbonyl (C=O) groups is 1. The van der Waals surface area contributed by atoms with Crippen molar-refractivity contribution in [1.29, 1.82) is 0 Å². The first kappa shape index (κ1) is 12.9. The molecule has 1 aromatic rings. The van der Waals surface area contributed by atoms with Crippen LogP contribution in [0.3, 0.4) is 0 Å². The third kappa shape index (κ3) is 3.03. The summed E-state index contributed by atoms with van der Waals surface area (Å²) in [4.78, 5) is 12.7. The van der Waals surface area contributed by atoms with Gasteiger partial charge in [-0.05, 0) is 36.1 Å². The molecule has 1 aliphatic rings. The van der Waals surface area contributed by atoms with Gasteiger partial charge in [-0.2, -0.15) is 11.8 Å². The van der Waals surface area contributed by atoms with E-state index >= 15 is 0 Å². The molecule has 1 fully saturated rings. The molecule has 3 nitrogen and oxygen atoms in total. The van der Waals surface area contributed by atoms with E-state index in [2.05, 4.69) is 5.32 Å². The van der Waals surface area contributed by atoms with Crippen LogP contribution < -0.4 is 5.32 Å². The largest absolute Gasteiger partial charge is 0.376 e. The fourth-order valence-corrected chi connectivity index (χ4v) is 4.05. The van der Waals surface area contributed by atoms with Crippen molar-refractivity contribution in [2.45, 2.75) is 18.9 Å². The molecule has 17 heavy (non-hydrogen) atoms. The van der Waals surface area contributed by atoms with Crippen LogP contribution in [0.15, 0.2) is 11.4 Å². The molecule has 1 atom stereocenters. The molecule has 0 aliphatic carbocycles. The Morgan fingerprint density at radius 2 is 2.47 bits per heavy atom. The van der Waals surface area contributed by atoms with E-state index in [1.165, 1.54) is 11.3 Å². The van der Waals surface area contributed by atoms with Gasteiger partial charge in [0.2, 0.25) is 0 Å². The summed E-state index contributed by atoms with van der Waals surface area (Å²) in [6.07, 6.45) is 1.01. The number of nitrogens with one attached hydrogen (secondary N) is 1. The second-order valence-corrected chi connectivity index (χ2v) is 6.38. The van der Waals surface area contributed by atoms with Gasteiger partial charge < -0.3 is 10.1 Å². The lowest BCUT2D eigenvalue weighted by Crippen LogP contribution is -2.44. The lowest BCUT2D eigenvalue weighted by atomic mass is 10.0. The van der Waals surface area contributed by atoms with E-state index in [9.17, 15) is 4.79 Å². The Hall–Kier alpha value is -0.520. The molecule has 2 rings (SSSR count). The van der Waals surface area contributed by atoms with Crippen molar-refractivity contribution in [3.8, 4) is 0 Å². The van der Waals surface area contributed by atoms with Crippen LogP contribution in [0.4, 0.5) is 0 Å². The molecule has 1 unspecified atom stereocenters. The smallest absolute Gasteiger partial charge is 0.261 e. The predicted octanol–water partition coefficient (Wildman–Crippen LogP) is 2.31. The van der Waals surface area contributed by atoms with Gasteiger partial charge >= 0.3 is 0 Å². The number of rotatable bonds is 4. The molecule has 5 heteroatoms. The summed E-state index contributed by atoms with van der Waals surface area (Å²) in [5.41, 5.74) is 0.977. The van der Waals surface area contributed by atoms with E-state index < -0.39 is 0 Å². The Bertz CT molecular complexity index is 397. The van der Waals surface area contributed by atoms with E-state index in [-0.39, 0.29) is 11.5 Å². The molecule has 1 aliphatic heterocycles. The van der Waals surface area contributed by atoms with Crippen LogP contribution >= 0.6 is 23.1 Å². The van der Waals surface area contributed by atoms with Gasteiger partial charge in [0.05, 0.1) is 10.5 Å². The van der Waals surface area contributed by atoms with Crippen LogP contribution in [0.5, 0.6) is 0 Å². The highest BCUT2D eigenvalue weighted by Crippen LogP contribution is 2.30. The summed E-state index contributed by atoms with van der Waals surface area (Å²) in [5, 5.41) is 4.97. The monoisotopic (exact) mass is 271 g/mol. The van der Waals surface area contributed by atoms with Gasteiger partial charge in [-0.15, -0.1) is 11.3 Å². The third-order valence-electron chi connectivity index (χ3n) is 3.03. The first-order valence-corrected chi connectivity index (χ1v) is 7.65. The summed E-state index contributed by atoms with van der Waals surface area (Å²) >= 11 is 3.37. The van der Waals surface area contributed by atoms with Crippen molar-refractivity contribution >= 4 is 29.0 Å². The van der Waals surface area contributed by atoms with Crippen LogP contribution in [0.25, 0.3) is 0 Å². The highest BCUT2D eigenvalue weighted by atomic mass is 32.2. The fraction of sp³-hybridized carbons (Fsp3) is 0.583. The molecule has 0 radical (unpaired) electrons. The Morgan fingerprint density at radius 3 is 3.00 bits per heavy atom. The Labute approximate surface area is 110 Å². The topological polar surface area (TPSA) is 38.3 Å². The predicted molar refractivity (Wildman–Crippen MR) is 73.1 cm³/mol. The molecular weight excluding hydrogens is 254 g/mol. The van der Waals surface area contributed by atoms with Crippen molar-refractivity contribution < 1.29 is 9.53 Å². The number of methoxy groups -OCH3 is 1. The van der Waals surface area contributed by atoms with Crippen LogP contribution in [0.1, 0.15) is 21.7 Å². The van der Waals surface area contributed by atoms with Crippen molar-refractivity contribution in [2.75, 3.05) is 25.2 Å². The average Bonchev–Trinajstić information content (AvgIpc) is 2.95. The number of thiophene rings is 1. The van der Waals surface area contributed by atoms with Gasteiger partial charge in [-0.25, -0.2) is 0 Å². The van der Waals surface area contributed by atoms with Crippen LogP contribution in [0.2, 0.25) is 0 Å². The molecule has 0 aromatic carbocycles. The Morgan fingerprint density at radius 1 is 1.65 bits per heavy atom. The molecular formula is C12H17NO2S2. The maximum Gasteiger partial charge on any atom is 0.261 e. The quantitative estimate of drug-likeness (QED) is 0.913. The molecule has 1 aromatic heterocycles. The first-order valence-electron chi connectivity index (χ1n) is 5.61. The maximum absolute atomic E-state index is 11.9. The first-order chi connectivity index (χ1) is 8.15. The minimum Gasteiger partial charge on any atom is -0.376 e. The van der Waals surface area contributed by atoms with Gasteiger partial charge in [0, 0.05) is 19.4 Å². The summed E-state index contributed by atoms with van der Waals surface area (Å²) in [6.45, 7) is 2.60. The summed E-state index contributed by atoms with van der Waals surface area (Å²) in [6, 6.07) is 1.92. The summed E-state index contributed by atoms with van der Waals surface area (Å²) < 4.78 is 5.56. The molecule has 0 saturated carbocycles. The summed E-state index contributed by atoms with van der Waals surface area (Å²) in [7, 11) is 1.73. The van der Waals surface area contributed by atoms with E-state index in [1.807, 2.05) is 30.1 Å². The molecule has 1 saturated heterocycles. The zero-order valence-corrected chi connectivity index (χ0v) is 11.7. The number of aryl methyl sites for hydroxylation is 1. The minimum atomic E-state index is -0.160. The zero-order valence-electron chi connectivity index (χ0n) is 10.1. The van der Waals surface area contributed by atoms with Gasteiger partial charge in [-0.1, -0.05) is 0 Å². The normalized spacial score (nSPS) is 23.9. The molecule has 94 valence electrons. The van der Waals surface area contributed by atoms with E-state index in [4.69, 9.17) is 4.74 Å². The third-order valence-corrected chi connectivity index (χ3v) is 5.30. The van der Waals surface area contributed by atoms with Crippen LogP contribution in [0, 0.1) is 6.92 Å². The van der Waals surface area contributed by atoms with Crippen molar-refractivity contribution in [3.63, 3.8) is 0 Å². The molecule has 1 N–H and O–H groups in total. The Kier molecular flexibility index (Phi) is 4.12. The lowest BCUT2D eigenvalue weighted by Gasteiger charge is -2.26. The fourth-order valence-electron chi connectivity index (χ4n) is 1.84. The number of hydrogen-bond donors (Lipinski definition) is 1. The number of thioether (sulfide) groups is 1. The molecule has 0 spiro atoms. The molecule has 0 bridgehead atoms. The van der Waals surface area contributed by atoms with Gasteiger partial charge in [0.1, 0.15) is 0 Å². The SMILES string of the molecule is COC1(CNC(=O)c2cc(C)cs2)CCSC1. The standard InChI is InChI=1S/C12H17NO2S2/c1-9-5-10(17-6-9)11(14)13-7-12(15-2)3-4-16-8-12/h5-6H,3-4,7-8H2,1-2H3,(H,13,14). The van der Waals surface area contributed by atoms with E-state index in [0.717, 1.165) is 28.4 Å². The Balaban J connectivity index is 1.91. The number of carbonyl (C=O) groups excluding carboxylic acids is 1. The second-order valence-electron chi connectivity index (χ2n) is 4.36. The van der Waals surface area contributed by atoms with Crippen molar-refractivity contribution in [3.05, 3.63) is 21.9 Å². The maximum atomic E-state index is 11.9. The molecule has 2 heterocycles. The second kappa shape index (κ2) is 5.42. The number of amides is 1. The lowest BCUT2D eigenvalue weighted by molar-refractivity contribution is 0.0137. The number of ether oxygens (including phenoxy) is 1.